The third-order valence-corrected chi connectivity index (χ3v) is 10.2. The normalized spacial score (nSPS) is 12.6. The highest BCUT2D eigenvalue weighted by molar-refractivity contribution is 4.92. The molecule has 0 heterocycles. The van der Waals surface area contributed by atoms with Gasteiger partial charge in [-0.25, -0.2) is 0 Å². The highest BCUT2D eigenvalue weighted by atomic mass is 15.2. The second-order valence-electron chi connectivity index (χ2n) is 15.5. The average Bonchev–Trinajstić information content (AvgIpc) is 2.95. The van der Waals surface area contributed by atoms with Crippen molar-refractivity contribution in [3.05, 3.63) is 0 Å². The van der Waals surface area contributed by atoms with E-state index in [0.717, 1.165) is 0 Å². The minimum Gasteiger partial charge on any atom is -0.293 e. The topological polar surface area (TPSA) is 3.24 Å². The molecule has 0 aromatic heterocycles. The van der Waals surface area contributed by atoms with Crippen LogP contribution in [0.3, 0.4) is 0 Å². The van der Waals surface area contributed by atoms with Gasteiger partial charge in [0.1, 0.15) is 0 Å². The fourth-order valence-corrected chi connectivity index (χ4v) is 7.37. The molecule has 0 unspecified atom stereocenters. The fraction of sp³-hybridized carbons (Fsp3) is 1.00. The molecule has 0 bridgehead atoms. The smallest absolute Gasteiger partial charge is 0.0158 e. The van der Waals surface area contributed by atoms with Gasteiger partial charge in [-0.1, -0.05) is 201 Å². The first-order valence-corrected chi connectivity index (χ1v) is 20.1. The Balaban J connectivity index is 4.52. The first kappa shape index (κ1) is 42.0. The van der Waals surface area contributed by atoms with Crippen LogP contribution in [0, 0.1) is 0 Å². The fourth-order valence-electron chi connectivity index (χ4n) is 7.37. The largest absolute Gasteiger partial charge is 0.293 e. The maximum atomic E-state index is 2.97. The van der Waals surface area contributed by atoms with Gasteiger partial charge in [0.15, 0.2) is 0 Å². The summed E-state index contributed by atoms with van der Waals surface area (Å²) in [4.78, 5) is 2.97. The molecular weight excluding hydrogens is 506 g/mol. The summed E-state index contributed by atoms with van der Waals surface area (Å²) < 4.78 is 0. The van der Waals surface area contributed by atoms with Crippen molar-refractivity contribution in [2.45, 2.75) is 259 Å². The zero-order valence-electron chi connectivity index (χ0n) is 31.1. The Labute approximate surface area is 269 Å². The van der Waals surface area contributed by atoms with Crippen molar-refractivity contribution >= 4 is 0 Å². The van der Waals surface area contributed by atoms with E-state index in [1.807, 2.05) is 0 Å². The predicted octanol–water partition coefficient (Wildman–Crippen LogP) is 15.0. The Hall–Kier alpha value is -0.0400. The van der Waals surface area contributed by atoms with Crippen molar-refractivity contribution in [2.24, 2.45) is 0 Å². The molecule has 0 rings (SSSR count). The summed E-state index contributed by atoms with van der Waals surface area (Å²) >= 11 is 0. The third kappa shape index (κ3) is 25.3. The van der Waals surface area contributed by atoms with Gasteiger partial charge in [-0.15, -0.1) is 0 Å². The quantitative estimate of drug-likeness (QED) is 0.0673. The van der Waals surface area contributed by atoms with Crippen LogP contribution >= 0.6 is 0 Å². The molecule has 0 aromatic rings. The summed E-state index contributed by atoms with van der Waals surface area (Å²) in [6, 6.07) is 0. The molecule has 0 fully saturated rings. The van der Waals surface area contributed by atoms with E-state index in [1.54, 1.807) is 0 Å². The average molecular weight is 592 g/mol. The van der Waals surface area contributed by atoms with Crippen LogP contribution in [0.5, 0.6) is 0 Å². The van der Waals surface area contributed by atoms with Crippen LogP contribution in [-0.2, 0) is 0 Å². The highest BCUT2D eigenvalue weighted by Crippen LogP contribution is 2.34. The third-order valence-electron chi connectivity index (χ3n) is 10.2. The second kappa shape index (κ2) is 29.7. The highest BCUT2D eigenvalue weighted by Gasteiger charge is 2.36. The van der Waals surface area contributed by atoms with Crippen molar-refractivity contribution in [1.29, 1.82) is 0 Å². The van der Waals surface area contributed by atoms with Crippen molar-refractivity contribution in [3.63, 3.8) is 0 Å². The Kier molecular flexibility index (Phi) is 29.6. The molecule has 254 valence electrons. The molecule has 0 aromatic carbocycles. The van der Waals surface area contributed by atoms with Crippen molar-refractivity contribution < 1.29 is 0 Å². The molecule has 1 heteroatoms. The maximum Gasteiger partial charge on any atom is 0.0158 e. The minimum absolute atomic E-state index is 0.309. The monoisotopic (exact) mass is 592 g/mol. The molecule has 0 atom stereocenters. The summed E-state index contributed by atoms with van der Waals surface area (Å²) in [6.45, 7) is 18.6. The number of rotatable bonds is 34. The summed E-state index contributed by atoms with van der Waals surface area (Å²) in [5.41, 5.74) is 0.617. The first-order chi connectivity index (χ1) is 20.3. The molecule has 0 saturated heterocycles. The summed E-state index contributed by atoms with van der Waals surface area (Å²) in [6.07, 6.45) is 44.4. The lowest BCUT2D eigenvalue weighted by atomic mass is 9.85. The second-order valence-corrected chi connectivity index (χ2v) is 15.5. The van der Waals surface area contributed by atoms with E-state index >= 15 is 0 Å². The van der Waals surface area contributed by atoms with E-state index in [4.69, 9.17) is 0 Å². The van der Waals surface area contributed by atoms with Crippen LogP contribution in [0.1, 0.15) is 248 Å². The molecule has 0 radical (unpaired) electrons. The van der Waals surface area contributed by atoms with E-state index < -0.39 is 0 Å². The molecule has 0 aliphatic rings. The molecule has 1 nitrogen and oxygen atoms in total. The lowest BCUT2D eigenvalue weighted by Gasteiger charge is -2.49. The molecule has 42 heavy (non-hydrogen) atoms. The van der Waals surface area contributed by atoms with Crippen LogP contribution < -0.4 is 0 Å². The van der Waals surface area contributed by atoms with Gasteiger partial charge in [0.25, 0.3) is 0 Å². The summed E-state index contributed by atoms with van der Waals surface area (Å²) in [5, 5.41) is 0. The molecule has 0 amide bonds. The Morgan fingerprint density at radius 1 is 0.286 bits per heavy atom. The van der Waals surface area contributed by atoms with Gasteiger partial charge in [0, 0.05) is 11.1 Å². The molecule has 0 N–H and O–H groups in total. The zero-order valence-corrected chi connectivity index (χ0v) is 31.1. The molecule has 0 spiro atoms. The van der Waals surface area contributed by atoms with Crippen molar-refractivity contribution in [2.75, 3.05) is 6.54 Å². The van der Waals surface area contributed by atoms with Crippen molar-refractivity contribution in [3.8, 4) is 0 Å². The lowest BCUT2D eigenvalue weighted by molar-refractivity contribution is 0.00151. The number of nitrogens with zero attached hydrogens (tertiary/aromatic N) is 1. The Morgan fingerprint density at radius 2 is 0.500 bits per heavy atom. The van der Waals surface area contributed by atoms with Gasteiger partial charge in [-0.2, -0.15) is 0 Å². The standard InChI is InChI=1S/C41H85N/c1-8-11-14-17-20-23-24-25-26-27-30-33-36-39-42(40(4,5)37-34-31-28-21-18-15-12-9-2)41(6,7)38-35-32-29-22-19-16-13-10-3/h8-39H2,1-7H3. The van der Waals surface area contributed by atoms with Gasteiger partial charge in [-0.3, -0.25) is 4.90 Å². The van der Waals surface area contributed by atoms with E-state index in [2.05, 4.69) is 53.4 Å². The van der Waals surface area contributed by atoms with Gasteiger partial charge in [0.2, 0.25) is 0 Å². The molecule has 0 aliphatic carbocycles. The van der Waals surface area contributed by atoms with Crippen molar-refractivity contribution in [1.82, 2.24) is 4.90 Å². The molecule has 0 aliphatic heterocycles. The molecule has 0 saturated carbocycles. The van der Waals surface area contributed by atoms with E-state index in [1.165, 1.54) is 206 Å². The Bertz CT molecular complexity index is 489. The van der Waals surface area contributed by atoms with E-state index in [9.17, 15) is 0 Å². The van der Waals surface area contributed by atoms with Crippen LogP contribution in [0.4, 0.5) is 0 Å². The van der Waals surface area contributed by atoms with Crippen LogP contribution in [-0.4, -0.2) is 22.5 Å². The predicted molar refractivity (Wildman–Crippen MR) is 195 cm³/mol. The zero-order chi connectivity index (χ0) is 31.2. The molecular formula is C41H85N. The van der Waals surface area contributed by atoms with Crippen LogP contribution in [0.15, 0.2) is 0 Å². The van der Waals surface area contributed by atoms with Gasteiger partial charge >= 0.3 is 0 Å². The number of hydrogen-bond acceptors (Lipinski definition) is 1. The number of hydrogen-bond donors (Lipinski definition) is 0. The van der Waals surface area contributed by atoms with Crippen LogP contribution in [0.25, 0.3) is 0 Å². The minimum atomic E-state index is 0.309. The van der Waals surface area contributed by atoms with Crippen LogP contribution in [0.2, 0.25) is 0 Å². The summed E-state index contributed by atoms with van der Waals surface area (Å²) in [5.74, 6) is 0. The van der Waals surface area contributed by atoms with E-state index in [-0.39, 0.29) is 0 Å². The first-order valence-electron chi connectivity index (χ1n) is 20.1. The van der Waals surface area contributed by atoms with Gasteiger partial charge < -0.3 is 0 Å². The summed E-state index contributed by atoms with van der Waals surface area (Å²) in [7, 11) is 0. The Morgan fingerprint density at radius 3 is 0.762 bits per heavy atom. The van der Waals surface area contributed by atoms with Gasteiger partial charge in [0.05, 0.1) is 0 Å². The lowest BCUT2D eigenvalue weighted by Crippen LogP contribution is -2.55. The number of unbranched alkanes of at least 4 members (excludes halogenated alkanes) is 26. The van der Waals surface area contributed by atoms with Gasteiger partial charge in [-0.05, 0) is 53.5 Å². The SMILES string of the molecule is CCCCCCCCCCCCCCCN(C(C)(C)CCCCCCCCCC)C(C)(C)CCCCCCCCCC. The van der Waals surface area contributed by atoms with E-state index in [0.29, 0.717) is 11.1 Å². The maximum absolute atomic E-state index is 2.97.